The van der Waals surface area contributed by atoms with E-state index in [0.29, 0.717) is 12.5 Å². The molecule has 0 heterocycles. The molecule has 0 radical (unpaired) electrons. The number of methoxy groups -OCH3 is 2. The Morgan fingerprint density at radius 1 is 1.33 bits per heavy atom. The first-order valence-corrected chi connectivity index (χ1v) is 8.26. The van der Waals surface area contributed by atoms with Crippen molar-refractivity contribution < 1.29 is 14.3 Å². The van der Waals surface area contributed by atoms with Crippen molar-refractivity contribution in [2.24, 2.45) is 0 Å². The molecule has 0 bridgehead atoms. The average molecular weight is 311 g/mol. The van der Waals surface area contributed by atoms with Crippen molar-refractivity contribution in [3.05, 3.63) is 29.3 Å². The van der Waals surface area contributed by atoms with Gasteiger partial charge in [0, 0.05) is 29.7 Å². The lowest BCUT2D eigenvalue weighted by molar-refractivity contribution is -0.140. The molecule has 0 fully saturated rings. The zero-order valence-electron chi connectivity index (χ0n) is 13.3. The summed E-state index contributed by atoms with van der Waals surface area (Å²) >= 11 is 1.71. The van der Waals surface area contributed by atoms with E-state index in [1.807, 2.05) is 6.07 Å². The Kier molecular flexibility index (Phi) is 8.23. The largest absolute Gasteiger partial charge is 0.496 e. The number of carbonyl (C=O) groups is 1. The third-order valence-electron chi connectivity index (χ3n) is 3.00. The molecule has 1 rings (SSSR count). The number of thioether (sulfide) groups is 1. The maximum Gasteiger partial charge on any atom is 0.306 e. The minimum Gasteiger partial charge on any atom is -0.496 e. The van der Waals surface area contributed by atoms with Gasteiger partial charge in [0.15, 0.2) is 0 Å². The van der Waals surface area contributed by atoms with Gasteiger partial charge in [-0.25, -0.2) is 0 Å². The van der Waals surface area contributed by atoms with Crippen LogP contribution in [-0.4, -0.2) is 32.0 Å². The Hall–Kier alpha value is -1.20. The molecule has 0 aliphatic rings. The quantitative estimate of drug-likeness (QED) is 0.561. The van der Waals surface area contributed by atoms with Crippen molar-refractivity contribution in [1.82, 2.24) is 5.32 Å². The van der Waals surface area contributed by atoms with Crippen molar-refractivity contribution in [3.63, 3.8) is 0 Å². The van der Waals surface area contributed by atoms with Gasteiger partial charge < -0.3 is 14.8 Å². The summed E-state index contributed by atoms with van der Waals surface area (Å²) in [7, 11) is 3.10. The number of hydrogen-bond donors (Lipinski definition) is 1. The number of rotatable bonds is 9. The molecule has 0 aliphatic carbocycles. The highest BCUT2D eigenvalue weighted by atomic mass is 32.2. The number of benzene rings is 1. The summed E-state index contributed by atoms with van der Waals surface area (Å²) in [5, 5.41) is 3.41. The smallest absolute Gasteiger partial charge is 0.306 e. The Balaban J connectivity index is 2.56. The number of ether oxygens (including phenoxy) is 2. The highest BCUT2D eigenvalue weighted by molar-refractivity contribution is 7.98. The second-order valence-corrected chi connectivity index (χ2v) is 6.17. The van der Waals surface area contributed by atoms with E-state index in [0.717, 1.165) is 29.4 Å². The monoisotopic (exact) mass is 311 g/mol. The molecule has 21 heavy (non-hydrogen) atoms. The van der Waals surface area contributed by atoms with Gasteiger partial charge in [0.05, 0.1) is 20.6 Å². The van der Waals surface area contributed by atoms with E-state index < -0.39 is 0 Å². The molecule has 118 valence electrons. The van der Waals surface area contributed by atoms with Crippen LogP contribution >= 0.6 is 11.8 Å². The molecule has 0 aromatic heterocycles. The van der Waals surface area contributed by atoms with Crippen molar-refractivity contribution in [2.75, 3.05) is 20.0 Å². The fraction of sp³-hybridized carbons (Fsp3) is 0.562. The van der Waals surface area contributed by atoms with Gasteiger partial charge >= 0.3 is 5.97 Å². The first-order chi connectivity index (χ1) is 10.1. The van der Waals surface area contributed by atoms with Crippen LogP contribution in [0.15, 0.2) is 18.2 Å². The van der Waals surface area contributed by atoms with Gasteiger partial charge in [-0.05, 0) is 17.7 Å². The predicted molar refractivity (Wildman–Crippen MR) is 87.8 cm³/mol. The van der Waals surface area contributed by atoms with Crippen LogP contribution in [0.5, 0.6) is 5.75 Å². The number of hydrogen-bond acceptors (Lipinski definition) is 5. The highest BCUT2D eigenvalue weighted by Gasteiger charge is 2.06. The zero-order chi connectivity index (χ0) is 15.7. The Bertz CT molecular complexity index is 449. The fourth-order valence-corrected chi connectivity index (χ4v) is 2.72. The summed E-state index contributed by atoms with van der Waals surface area (Å²) in [6.45, 7) is 5.11. The second-order valence-electron chi connectivity index (χ2n) is 5.06. The minimum absolute atomic E-state index is 0.163. The van der Waals surface area contributed by atoms with Crippen LogP contribution in [0.1, 0.15) is 31.4 Å². The van der Waals surface area contributed by atoms with Crippen molar-refractivity contribution in [3.8, 4) is 5.75 Å². The van der Waals surface area contributed by atoms with E-state index in [2.05, 4.69) is 36.0 Å². The molecular weight excluding hydrogens is 286 g/mol. The summed E-state index contributed by atoms with van der Waals surface area (Å²) in [4.78, 5) is 11.1. The molecular formula is C16H25NO3S. The van der Waals surface area contributed by atoms with Crippen LogP contribution in [-0.2, 0) is 21.8 Å². The van der Waals surface area contributed by atoms with Crippen LogP contribution < -0.4 is 10.1 Å². The van der Waals surface area contributed by atoms with E-state index in [1.54, 1.807) is 18.9 Å². The molecule has 0 aliphatic heterocycles. The van der Waals surface area contributed by atoms with Crippen LogP contribution in [0.3, 0.4) is 0 Å². The molecule has 1 aromatic rings. The van der Waals surface area contributed by atoms with Gasteiger partial charge in [-0.1, -0.05) is 19.9 Å². The highest BCUT2D eigenvalue weighted by Crippen LogP contribution is 2.25. The van der Waals surface area contributed by atoms with Crippen LogP contribution in [0, 0.1) is 0 Å². The van der Waals surface area contributed by atoms with Gasteiger partial charge in [-0.3, -0.25) is 4.79 Å². The minimum atomic E-state index is -0.163. The number of nitrogens with one attached hydrogen (secondary N) is 1. The van der Waals surface area contributed by atoms with Gasteiger partial charge in [0.2, 0.25) is 0 Å². The Morgan fingerprint density at radius 3 is 2.71 bits per heavy atom. The molecule has 0 amide bonds. The molecule has 0 saturated carbocycles. The fourth-order valence-electron chi connectivity index (χ4n) is 1.82. The number of carbonyl (C=O) groups excluding carboxylic acids is 1. The average Bonchev–Trinajstić information content (AvgIpc) is 2.49. The lowest BCUT2D eigenvalue weighted by Crippen LogP contribution is -2.21. The standard InChI is InChI=1S/C16H25NO3S/c1-12(2)17-10-13-5-6-15(19-3)14(9-13)11-21-8-7-16(18)20-4/h5-6,9,12,17H,7-8,10-11H2,1-4H3. The molecule has 5 heteroatoms. The van der Waals surface area contributed by atoms with Gasteiger partial charge in [0.1, 0.15) is 5.75 Å². The first kappa shape index (κ1) is 17.9. The van der Waals surface area contributed by atoms with Gasteiger partial charge in [-0.2, -0.15) is 11.8 Å². The first-order valence-electron chi connectivity index (χ1n) is 7.10. The third kappa shape index (κ3) is 6.87. The lowest BCUT2D eigenvalue weighted by atomic mass is 10.1. The SMILES string of the molecule is COC(=O)CCSCc1cc(CNC(C)C)ccc1OC. The second kappa shape index (κ2) is 9.68. The summed E-state index contributed by atoms with van der Waals surface area (Å²) < 4.78 is 10.0. The van der Waals surface area contributed by atoms with Gasteiger partial charge in [0.25, 0.3) is 0 Å². The summed E-state index contributed by atoms with van der Waals surface area (Å²) in [5.74, 6) is 2.32. The molecule has 1 aromatic carbocycles. The van der Waals surface area contributed by atoms with E-state index >= 15 is 0 Å². The molecule has 0 saturated heterocycles. The molecule has 0 atom stereocenters. The normalized spacial score (nSPS) is 10.7. The lowest BCUT2D eigenvalue weighted by Gasteiger charge is -2.12. The maximum absolute atomic E-state index is 11.1. The molecule has 4 nitrogen and oxygen atoms in total. The van der Waals surface area contributed by atoms with Crippen LogP contribution in [0.2, 0.25) is 0 Å². The van der Waals surface area contributed by atoms with Gasteiger partial charge in [-0.15, -0.1) is 0 Å². The molecule has 0 unspecified atom stereocenters. The van der Waals surface area contributed by atoms with E-state index in [-0.39, 0.29) is 5.97 Å². The van der Waals surface area contributed by atoms with Crippen molar-refractivity contribution in [1.29, 1.82) is 0 Å². The Labute approximate surface area is 131 Å². The number of esters is 1. The Morgan fingerprint density at radius 2 is 2.10 bits per heavy atom. The predicted octanol–water partition coefficient (Wildman–Crippen LogP) is 2.99. The third-order valence-corrected chi connectivity index (χ3v) is 4.00. The molecule has 1 N–H and O–H groups in total. The van der Waals surface area contributed by atoms with Crippen molar-refractivity contribution in [2.45, 2.75) is 38.6 Å². The summed E-state index contributed by atoms with van der Waals surface area (Å²) in [6.07, 6.45) is 0.443. The van der Waals surface area contributed by atoms with Crippen LogP contribution in [0.25, 0.3) is 0 Å². The summed E-state index contributed by atoms with van der Waals surface area (Å²) in [6, 6.07) is 6.72. The van der Waals surface area contributed by atoms with E-state index in [9.17, 15) is 4.79 Å². The molecule has 0 spiro atoms. The maximum atomic E-state index is 11.1. The van der Waals surface area contributed by atoms with E-state index in [4.69, 9.17) is 4.74 Å². The summed E-state index contributed by atoms with van der Waals surface area (Å²) in [5.41, 5.74) is 2.41. The zero-order valence-corrected chi connectivity index (χ0v) is 14.1. The topological polar surface area (TPSA) is 47.6 Å². The van der Waals surface area contributed by atoms with Crippen molar-refractivity contribution >= 4 is 17.7 Å². The van der Waals surface area contributed by atoms with Crippen LogP contribution in [0.4, 0.5) is 0 Å². The van der Waals surface area contributed by atoms with E-state index in [1.165, 1.54) is 12.7 Å².